The molecule has 0 atom stereocenters. The standard InChI is InChI=1S/C17H25N3/c1-14-5-3-6-15-13-16(18-17(14)15)7-4-8-20-11-9-19(2)10-12-20/h3,5-6,13,18H,4,7-12H2,1-2H3. The van der Waals surface area contributed by atoms with Crippen LogP contribution in [0.15, 0.2) is 24.3 Å². The van der Waals surface area contributed by atoms with Crippen LogP contribution in [0.1, 0.15) is 17.7 Å². The third-order valence-electron chi connectivity index (χ3n) is 4.44. The topological polar surface area (TPSA) is 22.3 Å². The van der Waals surface area contributed by atoms with Crippen molar-refractivity contribution in [3.05, 3.63) is 35.5 Å². The maximum Gasteiger partial charge on any atom is 0.0485 e. The summed E-state index contributed by atoms with van der Waals surface area (Å²) in [6.45, 7) is 8.27. The fourth-order valence-corrected chi connectivity index (χ4v) is 3.07. The van der Waals surface area contributed by atoms with E-state index in [-0.39, 0.29) is 0 Å². The maximum atomic E-state index is 3.58. The first-order valence-corrected chi connectivity index (χ1v) is 7.70. The summed E-state index contributed by atoms with van der Waals surface area (Å²) in [4.78, 5) is 8.59. The molecule has 0 amide bonds. The Bertz CT molecular complexity index is 565. The first-order valence-electron chi connectivity index (χ1n) is 7.70. The molecule has 0 radical (unpaired) electrons. The number of nitrogens with one attached hydrogen (secondary N) is 1. The van der Waals surface area contributed by atoms with Crippen LogP contribution in [0.5, 0.6) is 0 Å². The molecule has 108 valence electrons. The van der Waals surface area contributed by atoms with E-state index in [0.717, 1.165) is 6.42 Å². The molecule has 3 rings (SSSR count). The third kappa shape index (κ3) is 3.05. The Morgan fingerprint density at radius 2 is 1.95 bits per heavy atom. The molecule has 1 aromatic carbocycles. The van der Waals surface area contributed by atoms with Crippen molar-refractivity contribution in [1.29, 1.82) is 0 Å². The Hall–Kier alpha value is -1.32. The van der Waals surface area contributed by atoms with Crippen molar-refractivity contribution in [3.8, 4) is 0 Å². The van der Waals surface area contributed by atoms with E-state index in [9.17, 15) is 0 Å². The van der Waals surface area contributed by atoms with Crippen LogP contribution in [0.3, 0.4) is 0 Å². The van der Waals surface area contributed by atoms with E-state index in [4.69, 9.17) is 0 Å². The smallest absolute Gasteiger partial charge is 0.0485 e. The van der Waals surface area contributed by atoms with Gasteiger partial charge in [-0.1, -0.05) is 18.2 Å². The van der Waals surface area contributed by atoms with Crippen LogP contribution in [-0.4, -0.2) is 54.6 Å². The molecule has 1 aliphatic rings. The molecule has 0 spiro atoms. The highest BCUT2D eigenvalue weighted by atomic mass is 15.2. The van der Waals surface area contributed by atoms with Gasteiger partial charge in [0.05, 0.1) is 0 Å². The second kappa shape index (κ2) is 5.98. The molecule has 1 saturated heterocycles. The van der Waals surface area contributed by atoms with E-state index in [1.165, 1.54) is 61.3 Å². The van der Waals surface area contributed by atoms with Crippen LogP contribution in [-0.2, 0) is 6.42 Å². The van der Waals surface area contributed by atoms with Crippen molar-refractivity contribution in [2.45, 2.75) is 19.8 Å². The summed E-state index contributed by atoms with van der Waals surface area (Å²) in [6, 6.07) is 8.82. The number of hydrogen-bond acceptors (Lipinski definition) is 2. The summed E-state index contributed by atoms with van der Waals surface area (Å²) in [5, 5.41) is 1.35. The van der Waals surface area contributed by atoms with Crippen LogP contribution in [0.2, 0.25) is 0 Å². The zero-order chi connectivity index (χ0) is 13.9. The Kier molecular flexibility index (Phi) is 4.08. The quantitative estimate of drug-likeness (QED) is 0.923. The number of aromatic amines is 1. The number of aromatic nitrogens is 1. The molecule has 0 bridgehead atoms. The minimum atomic E-state index is 1.15. The van der Waals surface area contributed by atoms with Crippen molar-refractivity contribution in [1.82, 2.24) is 14.8 Å². The van der Waals surface area contributed by atoms with E-state index < -0.39 is 0 Å². The van der Waals surface area contributed by atoms with Gasteiger partial charge in [-0.05, 0) is 50.4 Å². The van der Waals surface area contributed by atoms with Crippen molar-refractivity contribution in [2.75, 3.05) is 39.8 Å². The molecular formula is C17H25N3. The number of hydrogen-bond donors (Lipinski definition) is 1. The first-order chi connectivity index (χ1) is 9.72. The zero-order valence-corrected chi connectivity index (χ0v) is 12.7. The lowest BCUT2D eigenvalue weighted by molar-refractivity contribution is 0.153. The third-order valence-corrected chi connectivity index (χ3v) is 4.44. The Morgan fingerprint density at radius 3 is 2.70 bits per heavy atom. The van der Waals surface area contributed by atoms with Crippen LogP contribution in [0.4, 0.5) is 0 Å². The van der Waals surface area contributed by atoms with Crippen molar-refractivity contribution in [3.63, 3.8) is 0 Å². The molecule has 0 saturated carbocycles. The average molecular weight is 271 g/mol. The number of nitrogens with zero attached hydrogens (tertiary/aromatic N) is 2. The lowest BCUT2D eigenvalue weighted by Crippen LogP contribution is -2.44. The van der Waals surface area contributed by atoms with Crippen LogP contribution in [0.25, 0.3) is 10.9 Å². The zero-order valence-electron chi connectivity index (χ0n) is 12.7. The Morgan fingerprint density at radius 1 is 1.15 bits per heavy atom. The molecule has 20 heavy (non-hydrogen) atoms. The maximum absolute atomic E-state index is 3.58. The van der Waals surface area contributed by atoms with Crippen molar-refractivity contribution < 1.29 is 0 Å². The van der Waals surface area contributed by atoms with E-state index >= 15 is 0 Å². The number of fused-ring (bicyclic) bond motifs is 1. The van der Waals surface area contributed by atoms with Gasteiger partial charge < -0.3 is 14.8 Å². The summed E-state index contributed by atoms with van der Waals surface area (Å²) >= 11 is 0. The summed E-state index contributed by atoms with van der Waals surface area (Å²) in [6.07, 6.45) is 2.40. The summed E-state index contributed by atoms with van der Waals surface area (Å²) in [5.41, 5.74) is 4.03. The summed E-state index contributed by atoms with van der Waals surface area (Å²) in [5.74, 6) is 0. The van der Waals surface area contributed by atoms with Gasteiger partial charge in [0.25, 0.3) is 0 Å². The van der Waals surface area contributed by atoms with E-state index in [1.54, 1.807) is 0 Å². The second-order valence-corrected chi connectivity index (χ2v) is 6.08. The van der Waals surface area contributed by atoms with Gasteiger partial charge >= 0.3 is 0 Å². The fourth-order valence-electron chi connectivity index (χ4n) is 3.07. The molecule has 1 aromatic heterocycles. The summed E-state index contributed by atoms with van der Waals surface area (Å²) < 4.78 is 0. The van der Waals surface area contributed by atoms with Gasteiger partial charge in [0.15, 0.2) is 0 Å². The second-order valence-electron chi connectivity index (χ2n) is 6.08. The average Bonchev–Trinajstić information content (AvgIpc) is 2.85. The normalized spacial score (nSPS) is 17.9. The van der Waals surface area contributed by atoms with Gasteiger partial charge in [-0.3, -0.25) is 0 Å². The van der Waals surface area contributed by atoms with E-state index in [2.05, 4.69) is 53.0 Å². The fraction of sp³-hybridized carbons (Fsp3) is 0.529. The molecule has 2 aromatic rings. The highest BCUT2D eigenvalue weighted by Crippen LogP contribution is 2.19. The highest BCUT2D eigenvalue weighted by molar-refractivity contribution is 5.83. The number of rotatable bonds is 4. The molecule has 1 N–H and O–H groups in total. The predicted octanol–water partition coefficient (Wildman–Crippen LogP) is 2.66. The minimum absolute atomic E-state index is 1.15. The predicted molar refractivity (Wildman–Crippen MR) is 85.3 cm³/mol. The summed E-state index contributed by atoms with van der Waals surface area (Å²) in [7, 11) is 2.21. The molecule has 0 unspecified atom stereocenters. The monoisotopic (exact) mass is 271 g/mol. The first kappa shape index (κ1) is 13.7. The Balaban J connectivity index is 1.53. The molecule has 1 aliphatic heterocycles. The van der Waals surface area contributed by atoms with Gasteiger partial charge in [0.1, 0.15) is 0 Å². The number of benzene rings is 1. The number of likely N-dealkylation sites (N-methyl/N-ethyl adjacent to an activating group) is 1. The van der Waals surface area contributed by atoms with Gasteiger partial charge in [-0.15, -0.1) is 0 Å². The van der Waals surface area contributed by atoms with Gasteiger partial charge in [-0.25, -0.2) is 0 Å². The Labute approximate surface area is 121 Å². The number of H-pyrrole nitrogens is 1. The number of piperazine rings is 1. The lowest BCUT2D eigenvalue weighted by Gasteiger charge is -2.32. The number of aryl methyl sites for hydroxylation is 2. The lowest BCUT2D eigenvalue weighted by atomic mass is 10.1. The molecule has 3 nitrogen and oxygen atoms in total. The largest absolute Gasteiger partial charge is 0.358 e. The minimum Gasteiger partial charge on any atom is -0.358 e. The highest BCUT2D eigenvalue weighted by Gasteiger charge is 2.13. The molecule has 0 aliphatic carbocycles. The number of para-hydroxylation sites is 1. The van der Waals surface area contributed by atoms with E-state index in [0.29, 0.717) is 0 Å². The van der Waals surface area contributed by atoms with Gasteiger partial charge in [0, 0.05) is 37.4 Å². The van der Waals surface area contributed by atoms with Crippen LogP contribution >= 0.6 is 0 Å². The molecule has 1 fully saturated rings. The van der Waals surface area contributed by atoms with Gasteiger partial charge in [-0.2, -0.15) is 0 Å². The van der Waals surface area contributed by atoms with Crippen molar-refractivity contribution >= 4 is 10.9 Å². The SMILES string of the molecule is Cc1cccc2cc(CCCN3CCN(C)CC3)[nH]c12. The van der Waals surface area contributed by atoms with E-state index in [1.807, 2.05) is 0 Å². The van der Waals surface area contributed by atoms with Gasteiger partial charge in [0.2, 0.25) is 0 Å². The van der Waals surface area contributed by atoms with Crippen molar-refractivity contribution in [2.24, 2.45) is 0 Å². The molecule has 2 heterocycles. The molecular weight excluding hydrogens is 246 g/mol. The van der Waals surface area contributed by atoms with Crippen LogP contribution < -0.4 is 0 Å². The molecule has 3 heteroatoms. The van der Waals surface area contributed by atoms with Crippen LogP contribution in [0, 0.1) is 6.92 Å².